The minimum absolute atomic E-state index is 0.0338. The van der Waals surface area contributed by atoms with Crippen molar-refractivity contribution in [3.63, 3.8) is 0 Å². The number of aromatic nitrogens is 4. The molecule has 1 aliphatic heterocycles. The smallest absolute Gasteiger partial charge is 0.281 e. The van der Waals surface area contributed by atoms with Crippen molar-refractivity contribution in [3.05, 3.63) is 89.7 Å². The molecule has 2 aliphatic rings. The zero-order chi connectivity index (χ0) is 28.9. The predicted octanol–water partition coefficient (Wildman–Crippen LogP) is 3.92. The summed E-state index contributed by atoms with van der Waals surface area (Å²) in [5, 5.41) is 7.11. The maximum Gasteiger partial charge on any atom is 0.281 e. The van der Waals surface area contributed by atoms with Gasteiger partial charge >= 0.3 is 0 Å². The summed E-state index contributed by atoms with van der Waals surface area (Å²) >= 11 is 0. The summed E-state index contributed by atoms with van der Waals surface area (Å²) in [6, 6.07) is 4.72. The number of dihydropyridines is 1. The van der Waals surface area contributed by atoms with Crippen molar-refractivity contribution in [1.29, 1.82) is 0 Å². The molecule has 12 heteroatoms. The molecule has 3 aromatic rings. The fourth-order valence-corrected chi connectivity index (χ4v) is 4.43. The minimum atomic E-state index is -0.532. The van der Waals surface area contributed by atoms with Gasteiger partial charge in [-0.3, -0.25) is 19.6 Å². The molecule has 210 valence electrons. The highest BCUT2D eigenvalue weighted by molar-refractivity contribution is 6.04. The highest BCUT2D eigenvalue weighted by atomic mass is 16.5. The third-order valence-electron chi connectivity index (χ3n) is 6.36. The van der Waals surface area contributed by atoms with Gasteiger partial charge in [-0.25, -0.2) is 9.67 Å². The Bertz CT molecular complexity index is 1590. The van der Waals surface area contributed by atoms with Gasteiger partial charge in [0.2, 0.25) is 0 Å². The maximum atomic E-state index is 13.2. The largest absolute Gasteiger partial charge is 0.493 e. The molecule has 0 bridgehead atoms. The summed E-state index contributed by atoms with van der Waals surface area (Å²) in [6.07, 6.45) is 13.4. The summed E-state index contributed by atoms with van der Waals surface area (Å²) < 4.78 is 24.0. The second-order valence-electron chi connectivity index (χ2n) is 8.96. The van der Waals surface area contributed by atoms with Crippen LogP contribution in [0.4, 0.5) is 5.82 Å². The van der Waals surface area contributed by atoms with Crippen LogP contribution in [0, 0.1) is 5.92 Å². The molecule has 2 atom stereocenters. The summed E-state index contributed by atoms with van der Waals surface area (Å²) in [5.74, 6) is 2.04. The van der Waals surface area contributed by atoms with Gasteiger partial charge < -0.3 is 24.3 Å². The van der Waals surface area contributed by atoms with E-state index < -0.39 is 5.91 Å². The number of hydrogen-bond donors (Lipinski definition) is 1. The molecule has 0 spiro atoms. The molecular formula is C29H28N6O6. The lowest BCUT2D eigenvalue weighted by Gasteiger charge is -2.29. The molecule has 0 radical (unpaired) electrons. The highest BCUT2D eigenvalue weighted by Gasteiger charge is 2.31. The maximum absolute atomic E-state index is 13.2. The van der Waals surface area contributed by atoms with Gasteiger partial charge in [0.05, 0.1) is 57.1 Å². The van der Waals surface area contributed by atoms with E-state index >= 15 is 0 Å². The Kier molecular flexibility index (Phi) is 7.90. The van der Waals surface area contributed by atoms with E-state index in [2.05, 4.69) is 25.4 Å². The van der Waals surface area contributed by atoms with Crippen molar-refractivity contribution >= 4 is 23.7 Å². The number of ketones is 1. The molecule has 0 aromatic carbocycles. The predicted molar refractivity (Wildman–Crippen MR) is 149 cm³/mol. The van der Waals surface area contributed by atoms with Crippen LogP contribution in [-0.2, 0) is 9.47 Å². The van der Waals surface area contributed by atoms with Gasteiger partial charge in [0.15, 0.2) is 28.7 Å². The first-order valence-electron chi connectivity index (χ1n) is 12.8. The molecule has 5 rings (SSSR count). The van der Waals surface area contributed by atoms with Crippen molar-refractivity contribution in [1.82, 2.24) is 19.7 Å². The van der Waals surface area contributed by atoms with Crippen LogP contribution in [0.25, 0.3) is 5.69 Å². The van der Waals surface area contributed by atoms with Crippen LogP contribution in [0.15, 0.2) is 83.5 Å². The lowest BCUT2D eigenvalue weighted by atomic mass is 9.90. The second kappa shape index (κ2) is 11.9. The van der Waals surface area contributed by atoms with Crippen molar-refractivity contribution in [3.8, 4) is 17.2 Å². The number of hydrogen-bond acceptors (Lipinski definition) is 10. The number of anilines is 1. The fraction of sp³-hybridized carbons (Fsp3) is 0.241. The standard InChI is InChI=1S/C29H28N6O6/c1-5-40-26-16-35(22-15-30-10-8-19(22)17(2)36)34-28(26)29(37)33-27-7-6-18(14-32-27)41-23-9-11-31-21-13-25(39-4)24(38-3)12-20(21)23/h6-16,20-21H,5H2,1-4H3,(H,32,33,37). The number of carbonyl (C=O) groups excluding carboxylic acids is 2. The summed E-state index contributed by atoms with van der Waals surface area (Å²) in [7, 11) is 3.16. The van der Waals surface area contributed by atoms with E-state index in [1.807, 2.05) is 12.2 Å². The molecule has 4 heterocycles. The van der Waals surface area contributed by atoms with Crippen molar-refractivity contribution in [2.75, 3.05) is 26.1 Å². The van der Waals surface area contributed by atoms with Gasteiger partial charge in [-0.15, -0.1) is 0 Å². The fourth-order valence-electron chi connectivity index (χ4n) is 4.43. The van der Waals surface area contributed by atoms with Crippen LogP contribution in [0.3, 0.4) is 0 Å². The number of rotatable bonds is 10. The molecule has 0 saturated heterocycles. The first-order chi connectivity index (χ1) is 19.9. The van der Waals surface area contributed by atoms with Gasteiger partial charge in [0, 0.05) is 18.0 Å². The number of fused-ring (bicyclic) bond motifs is 1. The number of methoxy groups -OCH3 is 2. The normalized spacial score (nSPS) is 17.4. The molecule has 0 saturated carbocycles. The van der Waals surface area contributed by atoms with Crippen molar-refractivity contribution in [2.24, 2.45) is 10.9 Å². The number of pyridine rings is 2. The molecule has 0 fully saturated rings. The first kappa shape index (κ1) is 27.3. The molecule has 1 amide bonds. The molecule has 3 aromatic heterocycles. The lowest BCUT2D eigenvalue weighted by molar-refractivity contribution is 0.101. The van der Waals surface area contributed by atoms with Crippen LogP contribution < -0.4 is 14.8 Å². The van der Waals surface area contributed by atoms with E-state index in [0.717, 1.165) is 0 Å². The zero-order valence-electron chi connectivity index (χ0n) is 22.9. The van der Waals surface area contributed by atoms with E-state index in [1.165, 1.54) is 30.2 Å². The number of aliphatic imine (C=N–C) groups is 1. The van der Waals surface area contributed by atoms with E-state index in [9.17, 15) is 9.59 Å². The Labute approximate surface area is 236 Å². The molecular weight excluding hydrogens is 528 g/mol. The van der Waals surface area contributed by atoms with E-state index in [-0.39, 0.29) is 35.0 Å². The van der Waals surface area contributed by atoms with Crippen LogP contribution >= 0.6 is 0 Å². The van der Waals surface area contributed by atoms with Crippen molar-refractivity contribution in [2.45, 2.75) is 19.9 Å². The average molecular weight is 557 g/mol. The lowest BCUT2D eigenvalue weighted by Crippen LogP contribution is -2.27. The van der Waals surface area contributed by atoms with Crippen LogP contribution in [-0.4, -0.2) is 64.5 Å². The Morgan fingerprint density at radius 1 is 1.07 bits per heavy atom. The van der Waals surface area contributed by atoms with Crippen molar-refractivity contribution < 1.29 is 28.5 Å². The monoisotopic (exact) mass is 556 g/mol. The van der Waals surface area contributed by atoms with E-state index in [4.69, 9.17) is 18.9 Å². The quantitative estimate of drug-likeness (QED) is 0.368. The average Bonchev–Trinajstić information content (AvgIpc) is 3.41. The molecule has 12 nitrogen and oxygen atoms in total. The Morgan fingerprint density at radius 3 is 2.59 bits per heavy atom. The zero-order valence-corrected chi connectivity index (χ0v) is 22.9. The van der Waals surface area contributed by atoms with Crippen LogP contribution in [0.1, 0.15) is 34.7 Å². The number of nitrogens with one attached hydrogen (secondary N) is 1. The van der Waals surface area contributed by atoms with Gasteiger partial charge in [-0.2, -0.15) is 5.10 Å². The third-order valence-corrected chi connectivity index (χ3v) is 6.36. The van der Waals surface area contributed by atoms with E-state index in [1.54, 1.807) is 57.8 Å². The number of Topliss-reactive ketones (excluding diaryl/α,β-unsaturated/α-hetero) is 1. The molecule has 41 heavy (non-hydrogen) atoms. The number of ether oxygens (including phenoxy) is 4. The van der Waals surface area contributed by atoms with Gasteiger partial charge in [-0.1, -0.05) is 0 Å². The number of carbonyl (C=O) groups is 2. The van der Waals surface area contributed by atoms with Gasteiger partial charge in [-0.05, 0) is 50.3 Å². The molecule has 1 N–H and O–H groups in total. The molecule has 1 aliphatic carbocycles. The second-order valence-corrected chi connectivity index (χ2v) is 8.96. The summed E-state index contributed by atoms with van der Waals surface area (Å²) in [6.45, 7) is 3.56. The van der Waals surface area contributed by atoms with Gasteiger partial charge in [0.25, 0.3) is 5.91 Å². The van der Waals surface area contributed by atoms with E-state index in [0.29, 0.717) is 40.9 Å². The number of allylic oxidation sites excluding steroid dienone is 1. The number of amides is 1. The SMILES string of the molecule is CCOc1cn(-c2cnccc2C(C)=O)nc1C(=O)Nc1ccc(OC2=CC=NC3C=C(OC)C(OC)=CC23)cn1. The summed E-state index contributed by atoms with van der Waals surface area (Å²) in [5.41, 5.74) is 0.882. The first-order valence-corrected chi connectivity index (χ1v) is 12.8. The Hall–Kier alpha value is -5.26. The highest BCUT2D eigenvalue weighted by Crippen LogP contribution is 2.34. The Morgan fingerprint density at radius 2 is 1.88 bits per heavy atom. The summed E-state index contributed by atoms with van der Waals surface area (Å²) in [4.78, 5) is 38.2. The van der Waals surface area contributed by atoms with Crippen LogP contribution in [0.5, 0.6) is 11.5 Å². The minimum Gasteiger partial charge on any atom is -0.493 e. The number of nitrogens with zero attached hydrogens (tertiary/aromatic N) is 5. The Balaban J connectivity index is 1.31. The third kappa shape index (κ3) is 5.71. The topological polar surface area (TPSA) is 139 Å². The van der Waals surface area contributed by atoms with Crippen LogP contribution in [0.2, 0.25) is 0 Å². The van der Waals surface area contributed by atoms with Gasteiger partial charge in [0.1, 0.15) is 17.3 Å². The molecule has 2 unspecified atom stereocenters.